The number of carbonyl (C=O) groups is 1. The second kappa shape index (κ2) is 12.9. The first-order chi connectivity index (χ1) is 11.2. The highest BCUT2D eigenvalue weighted by Crippen LogP contribution is 2.08. The average molecular weight is 320 g/mol. The molecule has 0 aliphatic rings. The Morgan fingerprint density at radius 3 is 2.26 bits per heavy atom. The van der Waals surface area contributed by atoms with Crippen LogP contribution in [-0.2, 0) is 16.0 Å². The van der Waals surface area contributed by atoms with Gasteiger partial charge in [0.2, 0.25) is 0 Å². The van der Waals surface area contributed by atoms with E-state index in [0.717, 1.165) is 50.5 Å². The van der Waals surface area contributed by atoms with Gasteiger partial charge in [0.15, 0.2) is 0 Å². The molecule has 0 saturated heterocycles. The Kier molecular flexibility index (Phi) is 10.8. The van der Waals surface area contributed by atoms with Gasteiger partial charge in [0.05, 0.1) is 6.61 Å². The molecule has 0 unspecified atom stereocenters. The number of hydrogen-bond donors (Lipinski definition) is 2. The lowest BCUT2D eigenvalue weighted by atomic mass is 10.1. The lowest BCUT2D eigenvalue weighted by Crippen LogP contribution is -2.00. The second-order valence-corrected chi connectivity index (χ2v) is 5.62. The highest BCUT2D eigenvalue weighted by molar-refractivity contribution is 5.85. The number of carboxylic acid groups (broad SMARTS) is 1. The van der Waals surface area contributed by atoms with Gasteiger partial charge < -0.3 is 14.9 Å². The van der Waals surface area contributed by atoms with Crippen LogP contribution in [0.15, 0.2) is 30.3 Å². The summed E-state index contributed by atoms with van der Waals surface area (Å²) in [7, 11) is 0. The summed E-state index contributed by atoms with van der Waals surface area (Å²) in [6, 6.07) is 7.85. The van der Waals surface area contributed by atoms with Crippen molar-refractivity contribution in [3.8, 4) is 0 Å². The maximum atomic E-state index is 10.4. The van der Waals surface area contributed by atoms with Gasteiger partial charge in [-0.25, -0.2) is 4.79 Å². The van der Waals surface area contributed by atoms with Crippen LogP contribution in [0.4, 0.5) is 0 Å². The highest BCUT2D eigenvalue weighted by atomic mass is 16.5. The molecule has 0 bridgehead atoms. The Morgan fingerprint density at radius 1 is 0.957 bits per heavy atom. The van der Waals surface area contributed by atoms with E-state index in [4.69, 9.17) is 14.9 Å². The zero-order valence-corrected chi connectivity index (χ0v) is 13.7. The third-order valence-corrected chi connectivity index (χ3v) is 3.63. The van der Waals surface area contributed by atoms with E-state index in [-0.39, 0.29) is 0 Å². The predicted molar refractivity (Wildman–Crippen MR) is 92.4 cm³/mol. The van der Waals surface area contributed by atoms with Crippen molar-refractivity contribution in [3.05, 3.63) is 41.5 Å². The molecule has 0 aliphatic heterocycles. The van der Waals surface area contributed by atoms with Crippen molar-refractivity contribution in [2.24, 2.45) is 0 Å². The van der Waals surface area contributed by atoms with E-state index in [0.29, 0.717) is 6.61 Å². The molecule has 4 nitrogen and oxygen atoms in total. The van der Waals surface area contributed by atoms with Gasteiger partial charge in [-0.1, -0.05) is 49.9 Å². The smallest absolute Gasteiger partial charge is 0.328 e. The second-order valence-electron chi connectivity index (χ2n) is 5.62. The van der Waals surface area contributed by atoms with Crippen molar-refractivity contribution in [1.29, 1.82) is 0 Å². The largest absolute Gasteiger partial charge is 0.478 e. The fourth-order valence-electron chi connectivity index (χ4n) is 2.28. The van der Waals surface area contributed by atoms with Gasteiger partial charge in [-0.05, 0) is 36.5 Å². The van der Waals surface area contributed by atoms with Crippen molar-refractivity contribution < 1.29 is 19.7 Å². The van der Waals surface area contributed by atoms with Crippen LogP contribution < -0.4 is 0 Å². The maximum absolute atomic E-state index is 10.4. The molecule has 128 valence electrons. The number of aliphatic hydroxyl groups excluding tert-OH is 1. The zero-order valence-electron chi connectivity index (χ0n) is 13.7. The number of benzene rings is 1. The van der Waals surface area contributed by atoms with Gasteiger partial charge >= 0.3 is 5.97 Å². The lowest BCUT2D eigenvalue weighted by molar-refractivity contribution is -0.131. The number of aliphatic carboxylic acids is 1. The van der Waals surface area contributed by atoms with E-state index in [9.17, 15) is 4.79 Å². The number of hydrogen-bond acceptors (Lipinski definition) is 3. The molecule has 23 heavy (non-hydrogen) atoms. The Hall–Kier alpha value is -1.65. The molecule has 0 saturated carbocycles. The topological polar surface area (TPSA) is 66.8 Å². The molecule has 1 rings (SSSR count). The van der Waals surface area contributed by atoms with Crippen molar-refractivity contribution in [2.45, 2.75) is 44.9 Å². The third kappa shape index (κ3) is 10.7. The fourth-order valence-corrected chi connectivity index (χ4v) is 2.28. The first kappa shape index (κ1) is 19.4. The first-order valence-corrected chi connectivity index (χ1v) is 8.41. The Labute approximate surface area is 138 Å². The molecule has 0 amide bonds. The molecule has 0 heterocycles. The third-order valence-electron chi connectivity index (χ3n) is 3.63. The van der Waals surface area contributed by atoms with Gasteiger partial charge in [-0.2, -0.15) is 0 Å². The summed E-state index contributed by atoms with van der Waals surface area (Å²) in [4.78, 5) is 10.4. The van der Waals surface area contributed by atoms with Gasteiger partial charge in [0.25, 0.3) is 0 Å². The lowest BCUT2D eigenvalue weighted by Gasteiger charge is -2.05. The van der Waals surface area contributed by atoms with Crippen molar-refractivity contribution >= 4 is 12.0 Å². The molecule has 1 aromatic carbocycles. The number of aliphatic hydroxyl groups is 1. The molecule has 2 N–H and O–H groups in total. The minimum atomic E-state index is -0.934. The molecule has 0 radical (unpaired) electrons. The summed E-state index contributed by atoms with van der Waals surface area (Å²) in [6.07, 6.45) is 10.3. The van der Waals surface area contributed by atoms with E-state index in [1.54, 1.807) is 6.08 Å². The molecule has 0 aliphatic carbocycles. The first-order valence-electron chi connectivity index (χ1n) is 8.41. The molecular weight excluding hydrogens is 292 g/mol. The van der Waals surface area contributed by atoms with Gasteiger partial charge in [-0.15, -0.1) is 0 Å². The van der Waals surface area contributed by atoms with Crippen LogP contribution in [0.1, 0.15) is 49.7 Å². The van der Waals surface area contributed by atoms with Crippen LogP contribution in [-0.4, -0.2) is 36.0 Å². The van der Waals surface area contributed by atoms with Crippen molar-refractivity contribution in [3.63, 3.8) is 0 Å². The van der Waals surface area contributed by atoms with Gasteiger partial charge in [0, 0.05) is 19.3 Å². The minimum absolute atomic E-state index is 0.305. The summed E-state index contributed by atoms with van der Waals surface area (Å²) in [5.74, 6) is -0.934. The molecular formula is C19H28O4. The number of ether oxygens (including phenoxy) is 1. The van der Waals surface area contributed by atoms with Crippen LogP contribution in [0.25, 0.3) is 6.08 Å². The zero-order chi connectivity index (χ0) is 16.8. The summed E-state index contributed by atoms with van der Waals surface area (Å²) in [5.41, 5.74) is 2.08. The van der Waals surface area contributed by atoms with Gasteiger partial charge in [0.1, 0.15) is 0 Å². The number of carboxylic acids is 1. The molecule has 1 aromatic rings. The standard InChI is InChI=1S/C19H28O4/c20-14-5-3-1-2-4-6-15-23-16-13-18-9-7-17(8-10-18)11-12-19(21)22/h7-12,20H,1-6,13-16H2,(H,21,22)/b12-11+. The van der Waals surface area contributed by atoms with E-state index in [2.05, 4.69) is 0 Å². The van der Waals surface area contributed by atoms with Crippen LogP contribution in [0.2, 0.25) is 0 Å². The SMILES string of the molecule is O=C(O)/C=C/c1ccc(CCOCCCCCCCCO)cc1. The van der Waals surface area contributed by atoms with E-state index >= 15 is 0 Å². The summed E-state index contributed by atoms with van der Waals surface area (Å²) in [6.45, 7) is 1.83. The van der Waals surface area contributed by atoms with Crippen molar-refractivity contribution in [2.75, 3.05) is 19.8 Å². The Balaban J connectivity index is 2.04. The summed E-state index contributed by atoms with van der Waals surface area (Å²) >= 11 is 0. The molecule has 0 aromatic heterocycles. The predicted octanol–water partition coefficient (Wildman–Crippen LogP) is 3.68. The Bertz CT molecular complexity index is 451. The van der Waals surface area contributed by atoms with Crippen LogP contribution in [0.3, 0.4) is 0 Å². The fraction of sp³-hybridized carbons (Fsp3) is 0.526. The van der Waals surface area contributed by atoms with Crippen LogP contribution in [0.5, 0.6) is 0 Å². The molecule has 0 spiro atoms. The number of rotatable bonds is 13. The van der Waals surface area contributed by atoms with Crippen LogP contribution in [0, 0.1) is 0 Å². The van der Waals surface area contributed by atoms with Gasteiger partial charge in [-0.3, -0.25) is 0 Å². The van der Waals surface area contributed by atoms with E-state index in [1.807, 2.05) is 24.3 Å². The quantitative estimate of drug-likeness (QED) is 0.430. The van der Waals surface area contributed by atoms with Crippen molar-refractivity contribution in [1.82, 2.24) is 0 Å². The average Bonchev–Trinajstić information content (AvgIpc) is 2.55. The molecule has 4 heteroatoms. The minimum Gasteiger partial charge on any atom is -0.478 e. The summed E-state index contributed by atoms with van der Waals surface area (Å²) < 4.78 is 5.64. The molecule has 0 atom stereocenters. The van der Waals surface area contributed by atoms with Crippen LogP contribution >= 0.6 is 0 Å². The maximum Gasteiger partial charge on any atom is 0.328 e. The van der Waals surface area contributed by atoms with E-state index in [1.165, 1.54) is 24.8 Å². The van der Waals surface area contributed by atoms with E-state index < -0.39 is 5.97 Å². The Morgan fingerprint density at radius 2 is 1.61 bits per heavy atom. The monoisotopic (exact) mass is 320 g/mol. The summed E-state index contributed by atoms with van der Waals surface area (Å²) in [5, 5.41) is 17.3. The highest BCUT2D eigenvalue weighted by Gasteiger charge is 1.96. The molecule has 0 fully saturated rings. The normalized spacial score (nSPS) is 11.2. The number of unbranched alkanes of at least 4 members (excludes halogenated alkanes) is 5.